The summed E-state index contributed by atoms with van der Waals surface area (Å²) >= 11 is 0. The lowest BCUT2D eigenvalue weighted by Gasteiger charge is -2.40. The van der Waals surface area contributed by atoms with E-state index in [9.17, 15) is 4.79 Å². The Kier molecular flexibility index (Phi) is 7.39. The number of carbonyl (C=O) groups excluding carboxylic acids is 1. The minimum atomic E-state index is -0.221. The first-order valence-corrected chi connectivity index (χ1v) is 9.77. The number of hydrogen-bond acceptors (Lipinski definition) is 3. The number of amides is 1. The molecule has 3 rings (SSSR count). The highest BCUT2D eigenvalue weighted by atomic mass is 35.5. The van der Waals surface area contributed by atoms with Gasteiger partial charge < -0.3 is 15.0 Å². The number of piperidine rings is 1. The molecule has 0 radical (unpaired) electrons. The van der Waals surface area contributed by atoms with Crippen LogP contribution in [0, 0.1) is 11.3 Å². The molecule has 3 aliphatic rings. The third-order valence-electron chi connectivity index (χ3n) is 6.36. The maximum atomic E-state index is 12.9. The molecule has 1 spiro atoms. The number of halogens is 1. The third-order valence-corrected chi connectivity index (χ3v) is 6.36. The van der Waals surface area contributed by atoms with Crippen molar-refractivity contribution in [3.05, 3.63) is 0 Å². The zero-order valence-electron chi connectivity index (χ0n) is 15.4. The summed E-state index contributed by atoms with van der Waals surface area (Å²) in [5.74, 6) is 0.984. The van der Waals surface area contributed by atoms with Crippen LogP contribution in [0.25, 0.3) is 0 Å². The first kappa shape index (κ1) is 20.0. The van der Waals surface area contributed by atoms with Crippen molar-refractivity contribution in [3.63, 3.8) is 0 Å². The SMILES string of the molecule is CCC(OC1CCCC(C)C1)C(=O)N1CCC2(CCNC2)CC1.Cl. The molecule has 0 bridgehead atoms. The Morgan fingerprint density at radius 3 is 2.62 bits per heavy atom. The minimum Gasteiger partial charge on any atom is -0.365 e. The second-order valence-corrected chi connectivity index (χ2v) is 8.18. The Labute approximate surface area is 153 Å². The van der Waals surface area contributed by atoms with Crippen LogP contribution in [0.5, 0.6) is 0 Å². The molecule has 0 aromatic heterocycles. The summed E-state index contributed by atoms with van der Waals surface area (Å²) in [6, 6.07) is 0. The van der Waals surface area contributed by atoms with E-state index in [2.05, 4.69) is 24.1 Å². The maximum Gasteiger partial charge on any atom is 0.251 e. The molecule has 3 fully saturated rings. The lowest BCUT2D eigenvalue weighted by Crippen LogP contribution is -2.48. The van der Waals surface area contributed by atoms with Gasteiger partial charge in [-0.2, -0.15) is 0 Å². The van der Waals surface area contributed by atoms with Crippen LogP contribution in [0.4, 0.5) is 0 Å². The molecule has 0 aromatic rings. The van der Waals surface area contributed by atoms with Gasteiger partial charge in [0.1, 0.15) is 6.10 Å². The molecule has 4 nitrogen and oxygen atoms in total. The van der Waals surface area contributed by atoms with Crippen molar-refractivity contribution in [2.45, 2.75) is 77.4 Å². The third kappa shape index (κ3) is 4.64. The van der Waals surface area contributed by atoms with Crippen LogP contribution in [0.1, 0.15) is 65.2 Å². The monoisotopic (exact) mass is 358 g/mol. The van der Waals surface area contributed by atoms with Crippen LogP contribution >= 0.6 is 12.4 Å². The van der Waals surface area contributed by atoms with E-state index in [1.165, 1.54) is 19.3 Å². The van der Waals surface area contributed by atoms with Crippen LogP contribution in [0.2, 0.25) is 0 Å². The molecular weight excluding hydrogens is 324 g/mol. The highest BCUT2D eigenvalue weighted by Gasteiger charge is 2.39. The number of hydrogen-bond donors (Lipinski definition) is 1. The van der Waals surface area contributed by atoms with E-state index in [-0.39, 0.29) is 24.4 Å². The number of likely N-dealkylation sites (tertiary alicyclic amines) is 1. The average molecular weight is 359 g/mol. The molecule has 1 amide bonds. The lowest BCUT2D eigenvalue weighted by molar-refractivity contribution is -0.152. The Balaban J connectivity index is 0.00000208. The van der Waals surface area contributed by atoms with E-state index in [4.69, 9.17) is 4.74 Å². The van der Waals surface area contributed by atoms with Gasteiger partial charge >= 0.3 is 0 Å². The number of carbonyl (C=O) groups is 1. The molecule has 1 N–H and O–H groups in total. The zero-order valence-corrected chi connectivity index (χ0v) is 16.2. The fraction of sp³-hybridized carbons (Fsp3) is 0.947. The second-order valence-electron chi connectivity index (χ2n) is 8.18. The van der Waals surface area contributed by atoms with E-state index in [1.807, 2.05) is 0 Å². The quantitative estimate of drug-likeness (QED) is 0.837. The molecule has 2 saturated heterocycles. The summed E-state index contributed by atoms with van der Waals surface area (Å²) in [5.41, 5.74) is 0.470. The zero-order chi connectivity index (χ0) is 16.3. The van der Waals surface area contributed by atoms with Gasteiger partial charge in [0.05, 0.1) is 6.10 Å². The van der Waals surface area contributed by atoms with Crippen molar-refractivity contribution < 1.29 is 9.53 Å². The van der Waals surface area contributed by atoms with E-state index in [1.54, 1.807) is 0 Å². The largest absolute Gasteiger partial charge is 0.365 e. The summed E-state index contributed by atoms with van der Waals surface area (Å²) in [5, 5.41) is 3.49. The Hall–Kier alpha value is -0.320. The summed E-state index contributed by atoms with van der Waals surface area (Å²) in [4.78, 5) is 14.9. The number of rotatable bonds is 4. The fourth-order valence-electron chi connectivity index (χ4n) is 4.69. The highest BCUT2D eigenvalue weighted by molar-refractivity contribution is 5.85. The van der Waals surface area contributed by atoms with Crippen LogP contribution < -0.4 is 5.32 Å². The van der Waals surface area contributed by atoms with Crippen LogP contribution in [-0.2, 0) is 9.53 Å². The van der Waals surface area contributed by atoms with Crippen molar-refractivity contribution in [3.8, 4) is 0 Å². The smallest absolute Gasteiger partial charge is 0.251 e. The van der Waals surface area contributed by atoms with Gasteiger partial charge in [0.15, 0.2) is 0 Å². The normalized spacial score (nSPS) is 30.8. The average Bonchev–Trinajstić information content (AvgIpc) is 3.01. The predicted octanol–water partition coefficient (Wildman–Crippen LogP) is 3.38. The number of nitrogens with zero attached hydrogens (tertiary/aromatic N) is 1. The molecule has 3 atom stereocenters. The molecule has 3 unspecified atom stereocenters. The molecule has 5 heteroatoms. The predicted molar refractivity (Wildman–Crippen MR) is 99.6 cm³/mol. The van der Waals surface area contributed by atoms with Gasteiger partial charge in [-0.05, 0) is 56.4 Å². The maximum absolute atomic E-state index is 12.9. The van der Waals surface area contributed by atoms with E-state index in [0.717, 1.165) is 64.2 Å². The standard InChI is InChI=1S/C19H34N2O2.ClH/c1-3-17(23-16-6-4-5-15(2)13-16)18(22)21-11-8-19(9-12-21)7-10-20-14-19;/h15-17,20H,3-14H2,1-2H3;1H. The summed E-state index contributed by atoms with van der Waals surface area (Å²) < 4.78 is 6.24. The van der Waals surface area contributed by atoms with Gasteiger partial charge in [0.2, 0.25) is 0 Å². The van der Waals surface area contributed by atoms with E-state index >= 15 is 0 Å². The van der Waals surface area contributed by atoms with E-state index in [0.29, 0.717) is 11.5 Å². The van der Waals surface area contributed by atoms with Crippen molar-refractivity contribution in [2.75, 3.05) is 26.2 Å². The van der Waals surface area contributed by atoms with Crippen molar-refractivity contribution in [1.29, 1.82) is 0 Å². The first-order valence-electron chi connectivity index (χ1n) is 9.77. The van der Waals surface area contributed by atoms with Gasteiger partial charge in [0.25, 0.3) is 5.91 Å². The topological polar surface area (TPSA) is 41.6 Å². The second kappa shape index (κ2) is 8.86. The molecule has 1 aliphatic carbocycles. The van der Waals surface area contributed by atoms with Gasteiger partial charge in [-0.3, -0.25) is 4.79 Å². The van der Waals surface area contributed by atoms with Crippen molar-refractivity contribution >= 4 is 18.3 Å². The summed E-state index contributed by atoms with van der Waals surface area (Å²) in [6.07, 6.45) is 9.27. The lowest BCUT2D eigenvalue weighted by atomic mass is 9.78. The molecule has 1 saturated carbocycles. The van der Waals surface area contributed by atoms with Gasteiger partial charge in [-0.25, -0.2) is 0 Å². The molecule has 2 heterocycles. The summed E-state index contributed by atoms with van der Waals surface area (Å²) in [6.45, 7) is 8.51. The molecule has 24 heavy (non-hydrogen) atoms. The van der Waals surface area contributed by atoms with Crippen molar-refractivity contribution in [2.24, 2.45) is 11.3 Å². The van der Waals surface area contributed by atoms with E-state index < -0.39 is 0 Å². The highest BCUT2D eigenvalue weighted by Crippen LogP contribution is 2.37. The van der Waals surface area contributed by atoms with Gasteiger partial charge in [-0.15, -0.1) is 12.4 Å². The van der Waals surface area contributed by atoms with Crippen LogP contribution in [-0.4, -0.2) is 49.2 Å². The Morgan fingerprint density at radius 2 is 2.04 bits per heavy atom. The first-order chi connectivity index (χ1) is 11.1. The summed E-state index contributed by atoms with van der Waals surface area (Å²) in [7, 11) is 0. The fourth-order valence-corrected chi connectivity index (χ4v) is 4.69. The molecule has 2 aliphatic heterocycles. The van der Waals surface area contributed by atoms with Crippen molar-refractivity contribution in [1.82, 2.24) is 10.2 Å². The number of ether oxygens (including phenoxy) is 1. The molecule has 0 aromatic carbocycles. The van der Waals surface area contributed by atoms with Crippen LogP contribution in [0.15, 0.2) is 0 Å². The molecule has 140 valence electrons. The van der Waals surface area contributed by atoms with Gasteiger partial charge in [-0.1, -0.05) is 26.7 Å². The minimum absolute atomic E-state index is 0. The Bertz CT molecular complexity index is 402. The van der Waals surface area contributed by atoms with Crippen LogP contribution in [0.3, 0.4) is 0 Å². The number of nitrogens with one attached hydrogen (secondary N) is 1. The Morgan fingerprint density at radius 1 is 1.29 bits per heavy atom. The molecular formula is C19H35ClN2O2. The van der Waals surface area contributed by atoms with Gasteiger partial charge in [0, 0.05) is 19.6 Å².